The van der Waals surface area contributed by atoms with Crippen LogP contribution in [0.15, 0.2) is 40.9 Å². The lowest BCUT2D eigenvalue weighted by molar-refractivity contribution is 0.627. The standard InChI is InChI=1S/C16H17BrFN/c1-10-4-5-11(2)14(8-10)12(3)19-16-9-13(17)6-7-15(16)18/h4-9,12,19H,1-3H3. The number of halogens is 2. The number of benzene rings is 2. The molecule has 0 bridgehead atoms. The number of hydrogen-bond acceptors (Lipinski definition) is 1. The fraction of sp³-hybridized carbons (Fsp3) is 0.250. The largest absolute Gasteiger partial charge is 0.376 e. The van der Waals surface area contributed by atoms with Crippen LogP contribution in [0.4, 0.5) is 10.1 Å². The van der Waals surface area contributed by atoms with Crippen LogP contribution in [0, 0.1) is 19.7 Å². The van der Waals surface area contributed by atoms with Gasteiger partial charge >= 0.3 is 0 Å². The third-order valence-corrected chi connectivity index (χ3v) is 3.69. The van der Waals surface area contributed by atoms with Crippen LogP contribution in [-0.4, -0.2) is 0 Å². The first-order chi connectivity index (χ1) is 8.97. The van der Waals surface area contributed by atoms with Crippen LogP contribution in [0.25, 0.3) is 0 Å². The molecule has 2 aromatic carbocycles. The SMILES string of the molecule is Cc1ccc(C)c(C(C)Nc2cc(Br)ccc2F)c1. The van der Waals surface area contributed by atoms with Gasteiger partial charge in [0.1, 0.15) is 5.82 Å². The van der Waals surface area contributed by atoms with Gasteiger partial charge in [-0.3, -0.25) is 0 Å². The average molecular weight is 322 g/mol. The van der Waals surface area contributed by atoms with Crippen molar-refractivity contribution >= 4 is 21.6 Å². The molecule has 1 atom stereocenters. The number of nitrogens with one attached hydrogen (secondary N) is 1. The van der Waals surface area contributed by atoms with Crippen LogP contribution >= 0.6 is 15.9 Å². The molecule has 2 rings (SSSR count). The molecule has 0 saturated heterocycles. The summed E-state index contributed by atoms with van der Waals surface area (Å²) in [7, 11) is 0. The van der Waals surface area contributed by atoms with Gasteiger partial charge in [-0.15, -0.1) is 0 Å². The molecule has 0 spiro atoms. The van der Waals surface area contributed by atoms with E-state index in [2.05, 4.69) is 53.3 Å². The van der Waals surface area contributed by atoms with Gasteiger partial charge in [0.15, 0.2) is 0 Å². The van der Waals surface area contributed by atoms with Gasteiger partial charge in [0.05, 0.1) is 5.69 Å². The van der Waals surface area contributed by atoms with Gasteiger partial charge in [-0.25, -0.2) is 4.39 Å². The minimum atomic E-state index is -0.236. The van der Waals surface area contributed by atoms with Gasteiger partial charge in [-0.05, 0) is 50.1 Å². The zero-order valence-corrected chi connectivity index (χ0v) is 12.9. The van der Waals surface area contributed by atoms with Crippen molar-refractivity contribution in [2.75, 3.05) is 5.32 Å². The normalized spacial score (nSPS) is 12.3. The van der Waals surface area contributed by atoms with Gasteiger partial charge in [0, 0.05) is 10.5 Å². The van der Waals surface area contributed by atoms with E-state index in [0.29, 0.717) is 5.69 Å². The maximum atomic E-state index is 13.7. The fourth-order valence-corrected chi connectivity index (χ4v) is 2.51. The number of anilines is 1. The molecule has 1 N–H and O–H groups in total. The van der Waals surface area contributed by atoms with Crippen molar-refractivity contribution in [3.8, 4) is 0 Å². The third-order valence-electron chi connectivity index (χ3n) is 3.20. The van der Waals surface area contributed by atoms with Crippen LogP contribution in [0.1, 0.15) is 29.7 Å². The molecule has 19 heavy (non-hydrogen) atoms. The van der Waals surface area contributed by atoms with Gasteiger partial charge in [-0.2, -0.15) is 0 Å². The number of rotatable bonds is 3. The molecule has 0 aliphatic carbocycles. The van der Waals surface area contributed by atoms with Crippen molar-refractivity contribution in [2.45, 2.75) is 26.8 Å². The zero-order valence-electron chi connectivity index (χ0n) is 11.3. The molecule has 100 valence electrons. The first-order valence-electron chi connectivity index (χ1n) is 6.26. The van der Waals surface area contributed by atoms with Crippen LogP contribution in [0.5, 0.6) is 0 Å². The van der Waals surface area contributed by atoms with Gasteiger partial charge in [-0.1, -0.05) is 39.7 Å². The van der Waals surface area contributed by atoms with E-state index in [9.17, 15) is 4.39 Å². The maximum absolute atomic E-state index is 13.7. The summed E-state index contributed by atoms with van der Waals surface area (Å²) in [6.07, 6.45) is 0. The summed E-state index contributed by atoms with van der Waals surface area (Å²) >= 11 is 3.36. The number of aryl methyl sites for hydroxylation is 2. The Labute approximate surface area is 122 Å². The molecule has 0 aliphatic heterocycles. The Bertz CT molecular complexity index is 595. The van der Waals surface area contributed by atoms with Gasteiger partial charge in [0.2, 0.25) is 0 Å². The molecule has 0 aromatic heterocycles. The zero-order chi connectivity index (χ0) is 14.0. The van der Waals surface area contributed by atoms with E-state index in [1.165, 1.54) is 22.8 Å². The maximum Gasteiger partial charge on any atom is 0.146 e. The van der Waals surface area contributed by atoms with E-state index in [1.807, 2.05) is 6.92 Å². The first-order valence-corrected chi connectivity index (χ1v) is 7.05. The Morgan fingerprint density at radius 2 is 1.84 bits per heavy atom. The van der Waals surface area contributed by atoms with E-state index >= 15 is 0 Å². The summed E-state index contributed by atoms with van der Waals surface area (Å²) in [5.74, 6) is -0.236. The lowest BCUT2D eigenvalue weighted by Gasteiger charge is -2.19. The summed E-state index contributed by atoms with van der Waals surface area (Å²) in [5, 5.41) is 3.23. The highest BCUT2D eigenvalue weighted by atomic mass is 79.9. The number of hydrogen-bond donors (Lipinski definition) is 1. The molecule has 0 amide bonds. The second-order valence-electron chi connectivity index (χ2n) is 4.85. The highest BCUT2D eigenvalue weighted by Crippen LogP contribution is 2.26. The first kappa shape index (κ1) is 14.1. The van der Waals surface area contributed by atoms with Crippen molar-refractivity contribution in [1.29, 1.82) is 0 Å². The fourth-order valence-electron chi connectivity index (χ4n) is 2.15. The highest BCUT2D eigenvalue weighted by molar-refractivity contribution is 9.10. The van der Waals surface area contributed by atoms with Gasteiger partial charge in [0.25, 0.3) is 0 Å². The summed E-state index contributed by atoms with van der Waals surface area (Å²) in [6, 6.07) is 11.3. The van der Waals surface area contributed by atoms with Crippen molar-refractivity contribution in [3.63, 3.8) is 0 Å². The van der Waals surface area contributed by atoms with Crippen molar-refractivity contribution in [2.24, 2.45) is 0 Å². The second-order valence-corrected chi connectivity index (χ2v) is 5.77. The van der Waals surface area contributed by atoms with Crippen LogP contribution in [0.3, 0.4) is 0 Å². The minimum Gasteiger partial charge on any atom is -0.376 e. The quantitative estimate of drug-likeness (QED) is 0.800. The van der Waals surface area contributed by atoms with Crippen LogP contribution in [0.2, 0.25) is 0 Å². The van der Waals surface area contributed by atoms with Crippen molar-refractivity contribution in [3.05, 3.63) is 63.4 Å². The molecule has 0 heterocycles. The van der Waals surface area contributed by atoms with Crippen molar-refractivity contribution < 1.29 is 4.39 Å². The summed E-state index contributed by atoms with van der Waals surface area (Å²) in [4.78, 5) is 0. The summed E-state index contributed by atoms with van der Waals surface area (Å²) < 4.78 is 14.6. The minimum absolute atomic E-state index is 0.0590. The predicted octanol–water partition coefficient (Wildman–Crippen LogP) is 5.38. The smallest absolute Gasteiger partial charge is 0.146 e. The molecule has 0 fully saturated rings. The molecule has 0 saturated carbocycles. The molecular weight excluding hydrogens is 305 g/mol. The Kier molecular flexibility index (Phi) is 4.25. The molecule has 3 heteroatoms. The molecule has 0 radical (unpaired) electrons. The summed E-state index contributed by atoms with van der Waals surface area (Å²) in [5.41, 5.74) is 4.13. The molecule has 1 nitrogen and oxygen atoms in total. The highest BCUT2D eigenvalue weighted by Gasteiger charge is 2.11. The topological polar surface area (TPSA) is 12.0 Å². The lowest BCUT2D eigenvalue weighted by atomic mass is 10.00. The monoisotopic (exact) mass is 321 g/mol. The van der Waals surface area contributed by atoms with E-state index in [0.717, 1.165) is 4.47 Å². The predicted molar refractivity (Wildman–Crippen MR) is 82.1 cm³/mol. The summed E-state index contributed by atoms with van der Waals surface area (Å²) in [6.45, 7) is 6.18. The Balaban J connectivity index is 2.27. The van der Waals surface area contributed by atoms with Crippen LogP contribution in [-0.2, 0) is 0 Å². The average Bonchev–Trinajstić information content (AvgIpc) is 2.36. The Hall–Kier alpha value is -1.35. The third kappa shape index (κ3) is 3.35. The second kappa shape index (κ2) is 5.74. The Morgan fingerprint density at radius 1 is 1.11 bits per heavy atom. The molecule has 2 aromatic rings. The molecule has 1 unspecified atom stereocenters. The van der Waals surface area contributed by atoms with E-state index < -0.39 is 0 Å². The van der Waals surface area contributed by atoms with E-state index in [1.54, 1.807) is 12.1 Å². The van der Waals surface area contributed by atoms with E-state index in [4.69, 9.17) is 0 Å². The van der Waals surface area contributed by atoms with E-state index in [-0.39, 0.29) is 11.9 Å². The van der Waals surface area contributed by atoms with Crippen LogP contribution < -0.4 is 5.32 Å². The van der Waals surface area contributed by atoms with Crippen molar-refractivity contribution in [1.82, 2.24) is 0 Å². The van der Waals surface area contributed by atoms with Gasteiger partial charge < -0.3 is 5.32 Å². The molecule has 0 aliphatic rings. The Morgan fingerprint density at radius 3 is 2.58 bits per heavy atom. The molecular formula is C16H17BrFN. The lowest BCUT2D eigenvalue weighted by Crippen LogP contribution is -2.09.